The molecule has 3 nitrogen and oxygen atoms in total. The Balaban J connectivity index is 4.46. The van der Waals surface area contributed by atoms with Crippen molar-refractivity contribution < 1.29 is 4.79 Å². The zero-order valence-electron chi connectivity index (χ0n) is 9.24. The minimum atomic E-state index is 0.000000000000000444. The van der Waals surface area contributed by atoms with Gasteiger partial charge in [-0.05, 0) is 27.7 Å². The van der Waals surface area contributed by atoms with Crippen LogP contribution in [0.5, 0.6) is 0 Å². The van der Waals surface area contributed by atoms with Gasteiger partial charge < -0.3 is 4.90 Å². The molecule has 0 heterocycles. The average Bonchev–Trinajstić information content (AvgIpc) is 2.03. The number of carbonyl (C=O) groups excluding carboxylic acids is 1. The van der Waals surface area contributed by atoms with E-state index in [-0.39, 0.29) is 18.1 Å². The lowest BCUT2D eigenvalue weighted by Crippen LogP contribution is -2.44. The largest absolute Gasteiger partial charge is 0.325 e. The first kappa shape index (κ1) is 12.0. The van der Waals surface area contributed by atoms with E-state index >= 15 is 0 Å². The first-order chi connectivity index (χ1) is 5.91. The van der Waals surface area contributed by atoms with Crippen LogP contribution in [0.2, 0.25) is 0 Å². The lowest BCUT2D eigenvalue weighted by molar-refractivity contribution is 0.160. The normalized spacial score (nSPS) is 10.4. The maximum atomic E-state index is 11.7. The lowest BCUT2D eigenvalue weighted by atomic mass is 10.3. The van der Waals surface area contributed by atoms with Crippen LogP contribution in [0.25, 0.3) is 0 Å². The van der Waals surface area contributed by atoms with Crippen molar-refractivity contribution in [1.82, 2.24) is 9.80 Å². The number of carbonyl (C=O) groups is 1. The fourth-order valence-corrected chi connectivity index (χ4v) is 0.913. The molecule has 0 atom stereocenters. The Bertz CT molecular complexity index is 187. The second-order valence-electron chi connectivity index (χ2n) is 3.67. The number of rotatable bonds is 3. The fourth-order valence-electron chi connectivity index (χ4n) is 0.913. The van der Waals surface area contributed by atoms with Gasteiger partial charge in [-0.15, -0.1) is 0 Å². The predicted octanol–water partition coefficient (Wildman–Crippen LogP) is 2.30. The van der Waals surface area contributed by atoms with Gasteiger partial charge in [-0.2, -0.15) is 0 Å². The van der Waals surface area contributed by atoms with Crippen LogP contribution in [0.15, 0.2) is 12.8 Å². The number of nitrogens with zero attached hydrogens (tertiary/aromatic N) is 2. The van der Waals surface area contributed by atoms with Gasteiger partial charge in [-0.1, -0.05) is 6.58 Å². The van der Waals surface area contributed by atoms with E-state index in [2.05, 4.69) is 6.58 Å². The van der Waals surface area contributed by atoms with Crippen LogP contribution in [0.4, 0.5) is 4.79 Å². The second kappa shape index (κ2) is 4.90. The molecule has 0 aliphatic rings. The number of urea groups is 1. The van der Waals surface area contributed by atoms with Gasteiger partial charge in [0, 0.05) is 25.3 Å². The van der Waals surface area contributed by atoms with Gasteiger partial charge in [-0.3, -0.25) is 4.90 Å². The third kappa shape index (κ3) is 3.09. The van der Waals surface area contributed by atoms with Crippen LogP contribution in [-0.2, 0) is 0 Å². The SMILES string of the molecule is C=CN(C(=O)N(C)C(C)C)C(C)C. The molecule has 0 aromatic carbocycles. The summed E-state index contributed by atoms with van der Waals surface area (Å²) in [4.78, 5) is 15.1. The number of amides is 2. The minimum Gasteiger partial charge on any atom is -0.325 e. The highest BCUT2D eigenvalue weighted by atomic mass is 16.2. The summed E-state index contributed by atoms with van der Waals surface area (Å²) in [7, 11) is 1.80. The van der Waals surface area contributed by atoms with Gasteiger partial charge in [-0.25, -0.2) is 4.79 Å². The zero-order chi connectivity index (χ0) is 10.6. The maximum absolute atomic E-state index is 11.7. The molecule has 0 unspecified atom stereocenters. The molecule has 0 fully saturated rings. The summed E-state index contributed by atoms with van der Waals surface area (Å²) >= 11 is 0. The molecule has 0 aliphatic carbocycles. The summed E-state index contributed by atoms with van der Waals surface area (Å²) in [6.45, 7) is 11.5. The van der Waals surface area contributed by atoms with E-state index in [1.807, 2.05) is 27.7 Å². The van der Waals surface area contributed by atoms with Crippen LogP contribution in [0.3, 0.4) is 0 Å². The zero-order valence-corrected chi connectivity index (χ0v) is 9.24. The van der Waals surface area contributed by atoms with Crippen LogP contribution >= 0.6 is 0 Å². The Morgan fingerprint density at radius 3 is 1.92 bits per heavy atom. The molecule has 0 saturated carbocycles. The molecular formula is C10H20N2O. The summed E-state index contributed by atoms with van der Waals surface area (Å²) < 4.78 is 0. The topological polar surface area (TPSA) is 23.6 Å². The Labute approximate surface area is 81.0 Å². The van der Waals surface area contributed by atoms with E-state index in [1.165, 1.54) is 0 Å². The van der Waals surface area contributed by atoms with Crippen molar-refractivity contribution in [2.24, 2.45) is 0 Å². The summed E-state index contributed by atoms with van der Waals surface area (Å²) in [6.07, 6.45) is 1.58. The quantitative estimate of drug-likeness (QED) is 0.660. The smallest absolute Gasteiger partial charge is 0.324 e. The third-order valence-electron chi connectivity index (χ3n) is 2.05. The molecule has 13 heavy (non-hydrogen) atoms. The highest BCUT2D eigenvalue weighted by molar-refractivity contribution is 5.75. The first-order valence-electron chi connectivity index (χ1n) is 4.59. The van der Waals surface area contributed by atoms with E-state index in [1.54, 1.807) is 23.0 Å². The molecule has 0 rings (SSSR count). The molecule has 0 aromatic heterocycles. The highest BCUT2D eigenvalue weighted by Crippen LogP contribution is 2.06. The molecule has 0 aliphatic heterocycles. The van der Waals surface area contributed by atoms with Crippen LogP contribution < -0.4 is 0 Å². The van der Waals surface area contributed by atoms with Gasteiger partial charge in [0.15, 0.2) is 0 Å². The average molecular weight is 184 g/mol. The second-order valence-corrected chi connectivity index (χ2v) is 3.67. The Morgan fingerprint density at radius 1 is 1.23 bits per heavy atom. The summed E-state index contributed by atoms with van der Waals surface area (Å²) in [5.74, 6) is 0. The molecule has 0 aromatic rings. The van der Waals surface area contributed by atoms with Crippen molar-refractivity contribution in [1.29, 1.82) is 0 Å². The standard InChI is InChI=1S/C10H20N2O/c1-7-12(9(4)5)10(13)11(6)8(2)3/h7-9H,1H2,2-6H3. The monoisotopic (exact) mass is 184 g/mol. The molecular weight excluding hydrogens is 164 g/mol. The number of hydrogen-bond acceptors (Lipinski definition) is 1. The fraction of sp³-hybridized carbons (Fsp3) is 0.700. The van der Waals surface area contributed by atoms with Gasteiger partial charge in [0.25, 0.3) is 0 Å². The van der Waals surface area contributed by atoms with Gasteiger partial charge in [0.1, 0.15) is 0 Å². The van der Waals surface area contributed by atoms with Gasteiger partial charge in [0.05, 0.1) is 0 Å². The van der Waals surface area contributed by atoms with Crippen molar-refractivity contribution in [2.75, 3.05) is 7.05 Å². The van der Waals surface area contributed by atoms with E-state index in [0.717, 1.165) is 0 Å². The molecule has 0 spiro atoms. The molecule has 3 heteroatoms. The van der Waals surface area contributed by atoms with Crippen LogP contribution in [0, 0.1) is 0 Å². The maximum Gasteiger partial charge on any atom is 0.324 e. The first-order valence-corrected chi connectivity index (χ1v) is 4.59. The summed E-state index contributed by atoms with van der Waals surface area (Å²) in [5.41, 5.74) is 0. The summed E-state index contributed by atoms with van der Waals surface area (Å²) in [6, 6.07) is 0.375. The Morgan fingerprint density at radius 2 is 1.69 bits per heavy atom. The molecule has 0 N–H and O–H groups in total. The molecule has 0 radical (unpaired) electrons. The summed E-state index contributed by atoms with van der Waals surface area (Å²) in [5, 5.41) is 0. The molecule has 0 bridgehead atoms. The van der Waals surface area contributed by atoms with Crippen LogP contribution in [0.1, 0.15) is 27.7 Å². The molecule has 2 amide bonds. The highest BCUT2D eigenvalue weighted by Gasteiger charge is 2.19. The van der Waals surface area contributed by atoms with Crippen molar-refractivity contribution >= 4 is 6.03 Å². The molecule has 76 valence electrons. The van der Waals surface area contributed by atoms with Crippen molar-refractivity contribution in [3.05, 3.63) is 12.8 Å². The van der Waals surface area contributed by atoms with E-state index in [4.69, 9.17) is 0 Å². The Hall–Kier alpha value is -0.990. The lowest BCUT2D eigenvalue weighted by Gasteiger charge is -2.30. The van der Waals surface area contributed by atoms with Crippen molar-refractivity contribution in [3.8, 4) is 0 Å². The van der Waals surface area contributed by atoms with E-state index in [0.29, 0.717) is 0 Å². The predicted molar refractivity (Wildman–Crippen MR) is 55.5 cm³/mol. The third-order valence-corrected chi connectivity index (χ3v) is 2.05. The Kier molecular flexibility index (Phi) is 4.52. The van der Waals surface area contributed by atoms with E-state index < -0.39 is 0 Å². The van der Waals surface area contributed by atoms with Gasteiger partial charge >= 0.3 is 6.03 Å². The van der Waals surface area contributed by atoms with Gasteiger partial charge in [0.2, 0.25) is 0 Å². The van der Waals surface area contributed by atoms with Crippen molar-refractivity contribution in [3.63, 3.8) is 0 Å². The van der Waals surface area contributed by atoms with E-state index in [9.17, 15) is 4.79 Å². The molecule has 0 saturated heterocycles. The number of hydrogen-bond donors (Lipinski definition) is 0. The van der Waals surface area contributed by atoms with Crippen LogP contribution in [-0.4, -0.2) is 35.0 Å². The minimum absolute atomic E-state index is 0.000000000000000444. The van der Waals surface area contributed by atoms with Crippen molar-refractivity contribution in [2.45, 2.75) is 39.8 Å².